The van der Waals surface area contributed by atoms with Crippen LogP contribution >= 0.6 is 11.6 Å². The predicted octanol–water partition coefficient (Wildman–Crippen LogP) is 1.58. The maximum Gasteiger partial charge on any atom is 0.244 e. The number of piperidine rings is 1. The number of halogens is 1. The number of hydrogen-bond donors (Lipinski definition) is 1. The second-order valence-corrected chi connectivity index (χ2v) is 7.01. The summed E-state index contributed by atoms with van der Waals surface area (Å²) in [4.78, 5) is -0.00425. The fourth-order valence-corrected chi connectivity index (χ4v) is 4.26. The largest absolute Gasteiger partial charge is 0.317 e. The Balaban J connectivity index is 2.33. The number of sulfonamides is 1. The van der Waals surface area contributed by atoms with Crippen LogP contribution in [0.1, 0.15) is 18.4 Å². The first-order chi connectivity index (χ1) is 9.50. The van der Waals surface area contributed by atoms with E-state index in [9.17, 15) is 8.42 Å². The molecule has 7 heteroatoms. The molecule has 1 aliphatic rings. The lowest BCUT2D eigenvalue weighted by Gasteiger charge is -2.31. The summed E-state index contributed by atoms with van der Waals surface area (Å²) in [6, 6.07) is 6.73. The van der Waals surface area contributed by atoms with E-state index in [-0.39, 0.29) is 15.5 Å². The van der Waals surface area contributed by atoms with Crippen LogP contribution in [0.3, 0.4) is 0 Å². The number of hydrogen-bond acceptors (Lipinski definition) is 4. The standard InChI is InChI=1S/C13H16ClN3O2S/c1-16-10-5-7-17(8-6-10)20(18,19)13-4-2-3-12(14)11(13)9-15/h2-4,10,16H,5-8H2,1H3. The van der Waals surface area contributed by atoms with Crippen molar-refractivity contribution in [3.63, 3.8) is 0 Å². The molecular weight excluding hydrogens is 298 g/mol. The fourth-order valence-electron chi connectivity index (χ4n) is 2.35. The van der Waals surface area contributed by atoms with E-state index in [1.165, 1.54) is 16.4 Å². The Morgan fingerprint density at radius 2 is 2.05 bits per heavy atom. The first kappa shape index (κ1) is 15.3. The first-order valence-electron chi connectivity index (χ1n) is 6.36. The third-order valence-electron chi connectivity index (χ3n) is 3.57. The highest BCUT2D eigenvalue weighted by Gasteiger charge is 2.31. The van der Waals surface area contributed by atoms with E-state index in [0.29, 0.717) is 19.1 Å². The van der Waals surface area contributed by atoms with Crippen LogP contribution in [-0.4, -0.2) is 38.9 Å². The molecule has 20 heavy (non-hydrogen) atoms. The van der Waals surface area contributed by atoms with E-state index in [0.717, 1.165) is 12.8 Å². The highest BCUT2D eigenvalue weighted by atomic mass is 35.5. The van der Waals surface area contributed by atoms with Crippen LogP contribution in [0, 0.1) is 11.3 Å². The molecule has 0 bridgehead atoms. The summed E-state index contributed by atoms with van der Waals surface area (Å²) in [5, 5.41) is 12.4. The smallest absolute Gasteiger partial charge is 0.244 e. The van der Waals surface area contributed by atoms with Crippen molar-refractivity contribution in [3.05, 3.63) is 28.8 Å². The zero-order chi connectivity index (χ0) is 14.8. The van der Waals surface area contributed by atoms with Crippen LogP contribution in [0.2, 0.25) is 5.02 Å². The van der Waals surface area contributed by atoms with Crippen molar-refractivity contribution < 1.29 is 8.42 Å². The van der Waals surface area contributed by atoms with Crippen molar-refractivity contribution in [1.82, 2.24) is 9.62 Å². The van der Waals surface area contributed by atoms with Crippen molar-refractivity contribution in [2.45, 2.75) is 23.8 Å². The van der Waals surface area contributed by atoms with Crippen LogP contribution in [-0.2, 0) is 10.0 Å². The van der Waals surface area contributed by atoms with Gasteiger partial charge in [0.15, 0.2) is 0 Å². The van der Waals surface area contributed by atoms with Gasteiger partial charge in [0, 0.05) is 19.1 Å². The molecule has 5 nitrogen and oxygen atoms in total. The van der Waals surface area contributed by atoms with E-state index < -0.39 is 10.0 Å². The first-order valence-corrected chi connectivity index (χ1v) is 8.18. The van der Waals surface area contributed by atoms with E-state index in [1.54, 1.807) is 6.07 Å². The fraction of sp³-hybridized carbons (Fsp3) is 0.462. The van der Waals surface area contributed by atoms with E-state index in [1.807, 2.05) is 13.1 Å². The second kappa shape index (κ2) is 6.10. The summed E-state index contributed by atoms with van der Waals surface area (Å²) in [7, 11) is -1.79. The topological polar surface area (TPSA) is 73.2 Å². The lowest BCUT2D eigenvalue weighted by molar-refractivity contribution is 0.298. The number of benzene rings is 1. The van der Waals surface area contributed by atoms with E-state index >= 15 is 0 Å². The summed E-state index contributed by atoms with van der Waals surface area (Å²) < 4.78 is 26.6. The lowest BCUT2D eigenvalue weighted by atomic mass is 10.1. The minimum absolute atomic E-state index is 0.00425. The van der Waals surface area contributed by atoms with Gasteiger partial charge in [-0.25, -0.2) is 8.42 Å². The highest BCUT2D eigenvalue weighted by molar-refractivity contribution is 7.89. The zero-order valence-corrected chi connectivity index (χ0v) is 12.7. The van der Waals surface area contributed by atoms with Crippen LogP contribution in [0.25, 0.3) is 0 Å². The van der Waals surface area contributed by atoms with Gasteiger partial charge in [0.2, 0.25) is 10.0 Å². The zero-order valence-electron chi connectivity index (χ0n) is 11.1. The minimum Gasteiger partial charge on any atom is -0.317 e. The molecule has 0 aromatic heterocycles. The summed E-state index contributed by atoms with van der Waals surface area (Å²) in [6.45, 7) is 0.899. The van der Waals surface area contributed by atoms with Gasteiger partial charge in [-0.1, -0.05) is 17.7 Å². The number of nitriles is 1. The Kier molecular flexibility index (Phi) is 4.66. The van der Waals surface area contributed by atoms with Crippen LogP contribution in [0.15, 0.2) is 23.1 Å². The molecule has 0 spiro atoms. The average molecular weight is 314 g/mol. The minimum atomic E-state index is -3.66. The molecule has 0 unspecified atom stereocenters. The Morgan fingerprint density at radius 3 is 2.60 bits per heavy atom. The van der Waals surface area contributed by atoms with Crippen LogP contribution in [0.4, 0.5) is 0 Å². The number of nitrogens with zero attached hydrogens (tertiary/aromatic N) is 2. The van der Waals surface area contributed by atoms with Crippen molar-refractivity contribution in [1.29, 1.82) is 5.26 Å². The highest BCUT2D eigenvalue weighted by Crippen LogP contribution is 2.27. The molecule has 1 fully saturated rings. The second-order valence-electron chi connectivity index (χ2n) is 4.69. The number of rotatable bonds is 3. The summed E-state index contributed by atoms with van der Waals surface area (Å²) in [5.74, 6) is 0. The molecule has 0 aliphatic carbocycles. The molecule has 0 saturated carbocycles. The molecule has 0 atom stereocenters. The van der Waals surface area contributed by atoms with Gasteiger partial charge in [-0.2, -0.15) is 9.57 Å². The molecule has 0 amide bonds. The van der Waals surface area contributed by atoms with E-state index in [2.05, 4.69) is 5.32 Å². The molecule has 1 heterocycles. The summed E-state index contributed by atoms with van der Waals surface area (Å²) >= 11 is 5.90. The van der Waals surface area contributed by atoms with Crippen LogP contribution in [0.5, 0.6) is 0 Å². The van der Waals surface area contributed by atoms with Gasteiger partial charge < -0.3 is 5.32 Å². The predicted molar refractivity (Wildman–Crippen MR) is 77.0 cm³/mol. The Bertz CT molecular complexity index is 632. The van der Waals surface area contributed by atoms with Crippen LogP contribution < -0.4 is 5.32 Å². The molecule has 2 rings (SSSR count). The third-order valence-corrected chi connectivity index (χ3v) is 5.82. The maximum atomic E-state index is 12.6. The Morgan fingerprint density at radius 1 is 1.40 bits per heavy atom. The molecule has 1 N–H and O–H groups in total. The normalized spacial score (nSPS) is 17.9. The SMILES string of the molecule is CNC1CCN(S(=O)(=O)c2cccc(Cl)c2C#N)CC1. The van der Waals surface area contributed by atoms with Gasteiger partial charge in [0.05, 0.1) is 10.6 Å². The summed E-state index contributed by atoms with van der Waals surface area (Å²) in [6.07, 6.45) is 1.52. The lowest BCUT2D eigenvalue weighted by Crippen LogP contribution is -2.44. The molecule has 1 saturated heterocycles. The Hall–Kier alpha value is -1.13. The maximum absolute atomic E-state index is 12.6. The molecular formula is C13H16ClN3O2S. The quantitative estimate of drug-likeness (QED) is 0.919. The van der Waals surface area contributed by atoms with Gasteiger partial charge in [-0.3, -0.25) is 0 Å². The molecule has 1 aromatic rings. The third kappa shape index (κ3) is 2.81. The average Bonchev–Trinajstić information content (AvgIpc) is 2.47. The van der Waals surface area contributed by atoms with Crippen molar-refractivity contribution >= 4 is 21.6 Å². The molecule has 0 radical (unpaired) electrons. The van der Waals surface area contributed by atoms with Gasteiger partial charge in [0.25, 0.3) is 0 Å². The van der Waals surface area contributed by atoms with Gasteiger partial charge >= 0.3 is 0 Å². The van der Waals surface area contributed by atoms with E-state index in [4.69, 9.17) is 16.9 Å². The molecule has 1 aliphatic heterocycles. The molecule has 108 valence electrons. The number of nitrogens with one attached hydrogen (secondary N) is 1. The molecule has 1 aromatic carbocycles. The van der Waals surface area contributed by atoms with Gasteiger partial charge in [-0.05, 0) is 32.0 Å². The van der Waals surface area contributed by atoms with Crippen molar-refractivity contribution in [2.75, 3.05) is 20.1 Å². The monoisotopic (exact) mass is 313 g/mol. The van der Waals surface area contributed by atoms with Crippen molar-refractivity contribution in [3.8, 4) is 6.07 Å². The van der Waals surface area contributed by atoms with Gasteiger partial charge in [-0.15, -0.1) is 0 Å². The summed E-state index contributed by atoms with van der Waals surface area (Å²) in [5.41, 5.74) is 0.0184. The van der Waals surface area contributed by atoms with Crippen molar-refractivity contribution in [2.24, 2.45) is 0 Å². The Labute approximate surface area is 124 Å². The van der Waals surface area contributed by atoms with Gasteiger partial charge in [0.1, 0.15) is 11.0 Å².